The van der Waals surface area contributed by atoms with Crippen molar-refractivity contribution in [1.82, 2.24) is 10.2 Å². The van der Waals surface area contributed by atoms with Crippen LogP contribution in [0.3, 0.4) is 0 Å². The number of alkyl halides is 1. The number of methoxy groups -OCH3 is 1. The maximum Gasteiger partial charge on any atom is 0.226 e. The topological polar surface area (TPSA) is 41.6 Å². The van der Waals surface area contributed by atoms with E-state index in [1.807, 2.05) is 12.1 Å². The number of carbonyl (C=O) groups excluding carboxylic acids is 1. The Kier molecular flexibility index (Phi) is 5.06. The molecule has 3 atom stereocenters. The SMILES string of the molecule is COc1ccccc1[C@H](CNC(=O)C12C[C@H]3C[C@@H](CC(Cl)(C3)C1)C2)N1CCCC1. The van der Waals surface area contributed by atoms with Crippen molar-refractivity contribution in [2.45, 2.75) is 62.3 Å². The van der Waals surface area contributed by atoms with Gasteiger partial charge in [0.1, 0.15) is 5.75 Å². The van der Waals surface area contributed by atoms with Crippen LogP contribution in [-0.4, -0.2) is 42.4 Å². The van der Waals surface area contributed by atoms with E-state index in [1.165, 1.54) is 24.8 Å². The molecule has 0 radical (unpaired) electrons. The molecule has 4 aliphatic carbocycles. The Morgan fingerprint density at radius 1 is 1.21 bits per heavy atom. The van der Waals surface area contributed by atoms with Gasteiger partial charge >= 0.3 is 0 Å². The second-order valence-electron chi connectivity index (χ2n) is 10.1. The van der Waals surface area contributed by atoms with E-state index in [0.717, 1.165) is 50.9 Å². The van der Waals surface area contributed by atoms with Gasteiger partial charge in [0.25, 0.3) is 0 Å². The van der Waals surface area contributed by atoms with Gasteiger partial charge in [-0.25, -0.2) is 0 Å². The van der Waals surface area contributed by atoms with E-state index >= 15 is 0 Å². The molecule has 1 amide bonds. The summed E-state index contributed by atoms with van der Waals surface area (Å²) in [7, 11) is 1.73. The first-order valence-corrected chi connectivity index (χ1v) is 11.7. The molecule has 0 aromatic heterocycles. The Hall–Kier alpha value is -1.26. The summed E-state index contributed by atoms with van der Waals surface area (Å²) >= 11 is 6.96. The molecule has 0 spiro atoms. The number of ether oxygens (including phenoxy) is 1. The van der Waals surface area contributed by atoms with Crippen LogP contribution in [0.5, 0.6) is 5.75 Å². The summed E-state index contributed by atoms with van der Waals surface area (Å²) in [5.41, 5.74) is 0.943. The minimum Gasteiger partial charge on any atom is -0.496 e. The summed E-state index contributed by atoms with van der Waals surface area (Å²) in [6.07, 6.45) is 8.88. The number of nitrogens with one attached hydrogen (secondary N) is 1. The van der Waals surface area contributed by atoms with Crippen molar-refractivity contribution in [2.24, 2.45) is 17.3 Å². The number of hydrogen-bond donors (Lipinski definition) is 1. The predicted molar refractivity (Wildman–Crippen MR) is 115 cm³/mol. The average molecular weight is 417 g/mol. The van der Waals surface area contributed by atoms with E-state index < -0.39 is 0 Å². The molecule has 1 aromatic carbocycles. The molecule has 1 N–H and O–H groups in total. The number of hydrogen-bond acceptors (Lipinski definition) is 3. The van der Waals surface area contributed by atoms with Crippen molar-refractivity contribution in [2.75, 3.05) is 26.7 Å². The molecular weight excluding hydrogens is 384 g/mol. The molecule has 29 heavy (non-hydrogen) atoms. The fourth-order valence-electron chi connectivity index (χ4n) is 7.22. The Bertz CT molecular complexity index is 762. The average Bonchev–Trinajstić information content (AvgIpc) is 3.21. The minimum atomic E-state index is -0.234. The summed E-state index contributed by atoms with van der Waals surface area (Å²) in [5.74, 6) is 2.44. The van der Waals surface area contributed by atoms with Gasteiger partial charge in [0, 0.05) is 17.0 Å². The zero-order chi connectivity index (χ0) is 20.1. The largest absolute Gasteiger partial charge is 0.496 e. The number of carbonyl (C=O) groups is 1. The van der Waals surface area contributed by atoms with E-state index in [1.54, 1.807) is 7.11 Å². The molecule has 6 rings (SSSR count). The molecule has 4 bridgehead atoms. The van der Waals surface area contributed by atoms with E-state index in [0.29, 0.717) is 18.4 Å². The highest BCUT2D eigenvalue weighted by Gasteiger charge is 2.60. The van der Waals surface area contributed by atoms with Crippen LogP contribution in [0.1, 0.15) is 63.0 Å². The Morgan fingerprint density at radius 2 is 1.90 bits per heavy atom. The zero-order valence-electron chi connectivity index (χ0n) is 17.5. The summed E-state index contributed by atoms with van der Waals surface area (Å²) in [4.78, 5) is 15.9. The number of benzene rings is 1. The maximum absolute atomic E-state index is 13.5. The lowest BCUT2D eigenvalue weighted by molar-refractivity contribution is -0.144. The first-order valence-electron chi connectivity index (χ1n) is 11.3. The highest BCUT2D eigenvalue weighted by Crippen LogP contribution is 2.63. The van der Waals surface area contributed by atoms with Crippen molar-refractivity contribution < 1.29 is 9.53 Å². The summed E-state index contributed by atoms with van der Waals surface area (Å²) in [6.45, 7) is 2.81. The molecule has 1 aromatic rings. The molecule has 0 unspecified atom stereocenters. The normalized spacial score (nSPS) is 36.9. The Balaban J connectivity index is 1.34. The van der Waals surface area contributed by atoms with E-state index in [-0.39, 0.29) is 22.2 Å². The molecule has 1 heterocycles. The van der Waals surface area contributed by atoms with Crippen LogP contribution < -0.4 is 10.1 Å². The monoisotopic (exact) mass is 416 g/mol. The smallest absolute Gasteiger partial charge is 0.226 e. The number of halogens is 1. The van der Waals surface area contributed by atoms with Gasteiger partial charge in [-0.15, -0.1) is 11.6 Å². The van der Waals surface area contributed by atoms with Crippen molar-refractivity contribution in [1.29, 1.82) is 0 Å². The quantitative estimate of drug-likeness (QED) is 0.693. The van der Waals surface area contributed by atoms with Gasteiger partial charge in [0.05, 0.1) is 18.6 Å². The zero-order valence-corrected chi connectivity index (χ0v) is 18.2. The number of para-hydroxylation sites is 1. The third-order valence-electron chi connectivity index (χ3n) is 8.01. The van der Waals surface area contributed by atoms with Crippen molar-refractivity contribution in [3.63, 3.8) is 0 Å². The molecule has 5 fully saturated rings. The van der Waals surface area contributed by atoms with Crippen LogP contribution in [0.2, 0.25) is 0 Å². The van der Waals surface area contributed by atoms with Gasteiger partial charge in [0.2, 0.25) is 5.91 Å². The second kappa shape index (κ2) is 7.46. The Labute approximate surface area is 179 Å². The third kappa shape index (κ3) is 3.57. The molecule has 1 saturated heterocycles. The fraction of sp³-hybridized carbons (Fsp3) is 0.708. The van der Waals surface area contributed by atoms with E-state index in [2.05, 4.69) is 22.3 Å². The Morgan fingerprint density at radius 3 is 2.55 bits per heavy atom. The predicted octanol–water partition coefficient (Wildman–Crippen LogP) is 4.53. The van der Waals surface area contributed by atoms with E-state index in [4.69, 9.17) is 16.3 Å². The minimum absolute atomic E-state index is 0.127. The summed E-state index contributed by atoms with van der Waals surface area (Å²) in [6, 6.07) is 8.41. The summed E-state index contributed by atoms with van der Waals surface area (Å²) in [5, 5.41) is 3.39. The fourth-order valence-corrected chi connectivity index (χ4v) is 7.92. The van der Waals surface area contributed by atoms with Crippen molar-refractivity contribution in [3.8, 4) is 5.75 Å². The van der Waals surface area contributed by atoms with Gasteiger partial charge in [-0.2, -0.15) is 0 Å². The molecule has 4 nitrogen and oxygen atoms in total. The number of rotatable bonds is 6. The lowest BCUT2D eigenvalue weighted by Crippen LogP contribution is -2.58. The van der Waals surface area contributed by atoms with Crippen LogP contribution in [0.25, 0.3) is 0 Å². The van der Waals surface area contributed by atoms with Gasteiger partial charge in [0.15, 0.2) is 0 Å². The molecule has 4 saturated carbocycles. The highest BCUT2D eigenvalue weighted by atomic mass is 35.5. The molecule has 5 heteroatoms. The molecule has 158 valence electrons. The number of amides is 1. The second-order valence-corrected chi connectivity index (χ2v) is 10.9. The van der Waals surface area contributed by atoms with Crippen LogP contribution >= 0.6 is 11.6 Å². The number of likely N-dealkylation sites (tertiary alicyclic amines) is 1. The highest BCUT2D eigenvalue weighted by molar-refractivity contribution is 6.24. The van der Waals surface area contributed by atoms with E-state index in [9.17, 15) is 4.79 Å². The van der Waals surface area contributed by atoms with Gasteiger partial charge in [-0.05, 0) is 82.4 Å². The van der Waals surface area contributed by atoms with Crippen molar-refractivity contribution >= 4 is 17.5 Å². The van der Waals surface area contributed by atoms with Gasteiger partial charge in [-0.3, -0.25) is 9.69 Å². The first-order chi connectivity index (χ1) is 14.0. The van der Waals surface area contributed by atoms with Gasteiger partial charge in [-0.1, -0.05) is 18.2 Å². The third-order valence-corrected chi connectivity index (χ3v) is 8.45. The molecular formula is C24H33ClN2O2. The lowest BCUT2D eigenvalue weighted by Gasteiger charge is -2.59. The molecule has 1 aliphatic heterocycles. The van der Waals surface area contributed by atoms with Crippen LogP contribution in [0.15, 0.2) is 24.3 Å². The molecule has 5 aliphatic rings. The van der Waals surface area contributed by atoms with Gasteiger partial charge < -0.3 is 10.1 Å². The standard InChI is InChI=1S/C24H33ClN2O2/c1-29-21-7-3-2-6-19(21)20(27-8-4-5-9-27)15-26-22(28)23-11-17-10-18(12-23)14-24(25,13-17)16-23/h2-3,6-7,17-18,20H,4-5,8-16H2,1H3,(H,26,28)/t17-,18-,20+,23?,24?/m1/s1. The van der Waals surface area contributed by atoms with Crippen LogP contribution in [0, 0.1) is 17.3 Å². The maximum atomic E-state index is 13.5. The summed E-state index contributed by atoms with van der Waals surface area (Å²) < 4.78 is 5.65. The number of nitrogens with zero attached hydrogens (tertiary/aromatic N) is 1. The van der Waals surface area contributed by atoms with Crippen LogP contribution in [-0.2, 0) is 4.79 Å². The van der Waals surface area contributed by atoms with Crippen molar-refractivity contribution in [3.05, 3.63) is 29.8 Å². The van der Waals surface area contributed by atoms with Crippen LogP contribution in [0.4, 0.5) is 0 Å². The first kappa shape index (κ1) is 19.7. The lowest BCUT2D eigenvalue weighted by atomic mass is 9.49.